The lowest BCUT2D eigenvalue weighted by Crippen LogP contribution is -1.87. The summed E-state index contributed by atoms with van der Waals surface area (Å²) in [5.41, 5.74) is 4.21. The second-order valence-corrected chi connectivity index (χ2v) is 3.66. The van der Waals surface area contributed by atoms with Crippen molar-refractivity contribution in [3.05, 3.63) is 47.0 Å². The van der Waals surface area contributed by atoms with E-state index in [2.05, 4.69) is 51.1 Å². The maximum Gasteiger partial charge on any atom is -0.0152 e. The normalized spacial score (nSPS) is 9.27. The maximum absolute atomic E-state index is 2.26. The summed E-state index contributed by atoms with van der Waals surface area (Å²) < 4.78 is 0. The number of hydrogen-bond acceptors (Lipinski definition) is 1. The van der Waals surface area contributed by atoms with Crippen LogP contribution in [-0.4, -0.2) is 0 Å². The van der Waals surface area contributed by atoms with Gasteiger partial charge in [0.25, 0.3) is 0 Å². The van der Waals surface area contributed by atoms with Gasteiger partial charge < -0.3 is 6.15 Å². The summed E-state index contributed by atoms with van der Waals surface area (Å²) in [7, 11) is 0. The van der Waals surface area contributed by atoms with Crippen LogP contribution >= 0.6 is 12.4 Å². The van der Waals surface area contributed by atoms with Gasteiger partial charge in [-0.3, -0.25) is 0 Å². The summed E-state index contributed by atoms with van der Waals surface area (Å²) in [6.07, 6.45) is 0. The molecular formula is C13H18ClN. The number of halogens is 1. The van der Waals surface area contributed by atoms with Crippen LogP contribution in [0.1, 0.15) is 16.7 Å². The van der Waals surface area contributed by atoms with E-state index in [9.17, 15) is 0 Å². The Bertz CT molecular complexity index is 463. The topological polar surface area (TPSA) is 35.0 Å². The molecule has 82 valence electrons. The molecule has 2 rings (SSSR count). The van der Waals surface area contributed by atoms with E-state index in [0.29, 0.717) is 0 Å². The van der Waals surface area contributed by atoms with Crippen LogP contribution in [0.2, 0.25) is 0 Å². The minimum Gasteiger partial charge on any atom is -0.344 e. The molecule has 0 spiro atoms. The standard InChI is InChI=1S/C13H14.ClH.H3N/c1-9-8-12-6-4-5-7-13(12)11(3)10(9)2;;/h4-8H,1-3H3;1H;1H3. The molecule has 2 aromatic carbocycles. The maximum atomic E-state index is 2.26. The average Bonchev–Trinajstić information content (AvgIpc) is 2.15. The molecule has 1 nitrogen and oxygen atoms in total. The molecule has 0 bridgehead atoms. The summed E-state index contributed by atoms with van der Waals surface area (Å²) in [6, 6.07) is 10.8. The van der Waals surface area contributed by atoms with E-state index in [4.69, 9.17) is 0 Å². The molecule has 15 heavy (non-hydrogen) atoms. The molecule has 0 aromatic heterocycles. The smallest absolute Gasteiger partial charge is 0.0152 e. The summed E-state index contributed by atoms with van der Waals surface area (Å²) in [5.74, 6) is 0. The van der Waals surface area contributed by atoms with Gasteiger partial charge in [0.1, 0.15) is 0 Å². The molecule has 2 heteroatoms. The van der Waals surface area contributed by atoms with Gasteiger partial charge in [-0.05, 0) is 48.2 Å². The van der Waals surface area contributed by atoms with Crippen molar-refractivity contribution in [1.29, 1.82) is 0 Å². The fourth-order valence-corrected chi connectivity index (χ4v) is 1.80. The first-order valence-corrected chi connectivity index (χ1v) is 4.65. The van der Waals surface area contributed by atoms with Crippen molar-refractivity contribution in [3.8, 4) is 0 Å². The van der Waals surface area contributed by atoms with Crippen LogP contribution < -0.4 is 6.15 Å². The third-order valence-electron chi connectivity index (χ3n) is 2.89. The van der Waals surface area contributed by atoms with E-state index in [0.717, 1.165) is 0 Å². The average molecular weight is 224 g/mol. The number of rotatable bonds is 0. The predicted octanol–water partition coefficient (Wildman–Crippen LogP) is 4.35. The molecule has 0 heterocycles. The third-order valence-corrected chi connectivity index (χ3v) is 2.89. The van der Waals surface area contributed by atoms with Crippen LogP contribution in [0.5, 0.6) is 0 Å². The summed E-state index contributed by atoms with van der Waals surface area (Å²) in [4.78, 5) is 0. The van der Waals surface area contributed by atoms with Crippen LogP contribution in [-0.2, 0) is 0 Å². The predicted molar refractivity (Wildman–Crippen MR) is 70.4 cm³/mol. The lowest BCUT2D eigenvalue weighted by atomic mass is 9.97. The fourth-order valence-electron chi connectivity index (χ4n) is 1.80. The van der Waals surface area contributed by atoms with Crippen molar-refractivity contribution in [2.45, 2.75) is 20.8 Å². The Kier molecular flexibility index (Phi) is 4.79. The van der Waals surface area contributed by atoms with Gasteiger partial charge in [-0.1, -0.05) is 30.3 Å². The lowest BCUT2D eigenvalue weighted by Gasteiger charge is -2.08. The van der Waals surface area contributed by atoms with Gasteiger partial charge in [0, 0.05) is 0 Å². The van der Waals surface area contributed by atoms with Crippen molar-refractivity contribution in [2.75, 3.05) is 0 Å². The molecule has 0 aliphatic heterocycles. The minimum atomic E-state index is 0. The van der Waals surface area contributed by atoms with Crippen LogP contribution in [0.4, 0.5) is 0 Å². The Morgan fingerprint density at radius 1 is 0.867 bits per heavy atom. The first-order chi connectivity index (χ1) is 6.20. The Morgan fingerprint density at radius 3 is 2.13 bits per heavy atom. The van der Waals surface area contributed by atoms with Crippen molar-refractivity contribution in [3.63, 3.8) is 0 Å². The van der Waals surface area contributed by atoms with Gasteiger partial charge >= 0.3 is 0 Å². The summed E-state index contributed by atoms with van der Waals surface area (Å²) in [5, 5.41) is 2.73. The van der Waals surface area contributed by atoms with Crippen molar-refractivity contribution in [2.24, 2.45) is 0 Å². The highest BCUT2D eigenvalue weighted by atomic mass is 35.5. The second-order valence-electron chi connectivity index (χ2n) is 3.66. The van der Waals surface area contributed by atoms with Crippen molar-refractivity contribution >= 4 is 23.2 Å². The first kappa shape index (κ1) is 13.9. The van der Waals surface area contributed by atoms with Crippen molar-refractivity contribution in [1.82, 2.24) is 6.15 Å². The minimum absolute atomic E-state index is 0. The summed E-state index contributed by atoms with van der Waals surface area (Å²) in [6.45, 7) is 6.57. The molecule has 0 atom stereocenters. The molecule has 0 unspecified atom stereocenters. The van der Waals surface area contributed by atoms with Crippen LogP contribution in [0.15, 0.2) is 30.3 Å². The zero-order chi connectivity index (χ0) is 9.42. The van der Waals surface area contributed by atoms with Gasteiger partial charge in [0.15, 0.2) is 0 Å². The SMILES string of the molecule is Cc1cc2ccccc2c(C)c1C.Cl.N. The molecule has 3 N–H and O–H groups in total. The highest BCUT2D eigenvalue weighted by molar-refractivity contribution is 5.87. The third kappa shape index (κ3) is 2.31. The molecule has 0 saturated carbocycles. The lowest BCUT2D eigenvalue weighted by molar-refractivity contribution is 1.30. The Hall–Kier alpha value is -1.05. The zero-order valence-corrected chi connectivity index (χ0v) is 10.3. The molecule has 0 amide bonds. The second kappa shape index (κ2) is 5.15. The Morgan fingerprint density at radius 2 is 1.47 bits per heavy atom. The molecular weight excluding hydrogens is 206 g/mol. The summed E-state index contributed by atoms with van der Waals surface area (Å²) >= 11 is 0. The van der Waals surface area contributed by atoms with E-state index >= 15 is 0 Å². The number of aryl methyl sites for hydroxylation is 2. The van der Waals surface area contributed by atoms with E-state index in [-0.39, 0.29) is 18.6 Å². The Balaban J connectivity index is 0.000000980. The van der Waals surface area contributed by atoms with E-state index in [1.165, 1.54) is 27.5 Å². The molecule has 0 fully saturated rings. The number of benzene rings is 2. The van der Waals surface area contributed by atoms with E-state index in [1.807, 2.05) is 0 Å². The number of hydrogen-bond donors (Lipinski definition) is 1. The van der Waals surface area contributed by atoms with Crippen molar-refractivity contribution < 1.29 is 0 Å². The van der Waals surface area contributed by atoms with Crippen LogP contribution in [0, 0.1) is 20.8 Å². The molecule has 0 aliphatic rings. The highest BCUT2D eigenvalue weighted by Gasteiger charge is 2.01. The zero-order valence-electron chi connectivity index (χ0n) is 9.50. The van der Waals surface area contributed by atoms with E-state index in [1.54, 1.807) is 0 Å². The molecule has 0 radical (unpaired) electrons. The van der Waals surface area contributed by atoms with Gasteiger partial charge in [-0.15, -0.1) is 12.4 Å². The van der Waals surface area contributed by atoms with E-state index < -0.39 is 0 Å². The Labute approximate surface area is 97.5 Å². The quantitative estimate of drug-likeness (QED) is 0.708. The fraction of sp³-hybridized carbons (Fsp3) is 0.231. The molecule has 0 aliphatic carbocycles. The monoisotopic (exact) mass is 223 g/mol. The van der Waals surface area contributed by atoms with Crippen LogP contribution in [0.3, 0.4) is 0 Å². The molecule has 0 saturated heterocycles. The van der Waals surface area contributed by atoms with Gasteiger partial charge in [-0.25, -0.2) is 0 Å². The highest BCUT2D eigenvalue weighted by Crippen LogP contribution is 2.23. The molecule has 2 aromatic rings. The number of fused-ring (bicyclic) bond motifs is 1. The largest absolute Gasteiger partial charge is 0.344 e. The van der Waals surface area contributed by atoms with Gasteiger partial charge in [0.2, 0.25) is 0 Å². The first-order valence-electron chi connectivity index (χ1n) is 4.65. The van der Waals surface area contributed by atoms with Crippen LogP contribution in [0.25, 0.3) is 10.8 Å². The van der Waals surface area contributed by atoms with Gasteiger partial charge in [-0.2, -0.15) is 0 Å². The van der Waals surface area contributed by atoms with Gasteiger partial charge in [0.05, 0.1) is 0 Å².